The van der Waals surface area contributed by atoms with E-state index in [0.717, 1.165) is 0 Å². The fourth-order valence-electron chi connectivity index (χ4n) is 1.34. The first kappa shape index (κ1) is 14.5. The third-order valence-electron chi connectivity index (χ3n) is 2.17. The van der Waals surface area contributed by atoms with Gasteiger partial charge in [0, 0.05) is 12.7 Å². The van der Waals surface area contributed by atoms with E-state index in [2.05, 4.69) is 4.72 Å². The van der Waals surface area contributed by atoms with Crippen LogP contribution in [0.15, 0.2) is 24.3 Å². The number of ether oxygens (including phenoxy) is 1. The molecule has 7 heteroatoms. The van der Waals surface area contributed by atoms with E-state index in [4.69, 9.17) is 9.84 Å². The van der Waals surface area contributed by atoms with E-state index >= 15 is 0 Å². The number of sulfonamides is 1. The molecule has 6 nitrogen and oxygen atoms in total. The van der Waals surface area contributed by atoms with Crippen molar-refractivity contribution in [3.63, 3.8) is 0 Å². The lowest BCUT2D eigenvalue weighted by Crippen LogP contribution is -2.19. The van der Waals surface area contributed by atoms with E-state index in [1.165, 1.54) is 7.11 Å². The number of rotatable bonds is 7. The van der Waals surface area contributed by atoms with E-state index in [9.17, 15) is 13.2 Å². The monoisotopic (exact) mass is 273 g/mol. The third kappa shape index (κ3) is 4.72. The number of aliphatic carboxylic acids is 1. The normalized spacial score (nSPS) is 11.2. The third-order valence-corrected chi connectivity index (χ3v) is 3.44. The first-order valence-corrected chi connectivity index (χ1v) is 6.89. The average molecular weight is 273 g/mol. The van der Waals surface area contributed by atoms with Crippen molar-refractivity contribution >= 4 is 21.7 Å². The first-order valence-electron chi connectivity index (χ1n) is 5.24. The molecule has 0 saturated heterocycles. The number of nitrogens with one attached hydrogen (secondary N) is 1. The van der Waals surface area contributed by atoms with Crippen LogP contribution in [0.3, 0.4) is 0 Å². The number of para-hydroxylation sites is 1. The van der Waals surface area contributed by atoms with Crippen molar-refractivity contribution < 1.29 is 23.1 Å². The van der Waals surface area contributed by atoms with E-state index < -0.39 is 28.2 Å². The van der Waals surface area contributed by atoms with Gasteiger partial charge < -0.3 is 9.84 Å². The number of hydrogen-bond donors (Lipinski definition) is 2. The zero-order valence-corrected chi connectivity index (χ0v) is 10.7. The topological polar surface area (TPSA) is 92.7 Å². The minimum Gasteiger partial charge on any atom is -0.481 e. The molecule has 0 bridgehead atoms. The van der Waals surface area contributed by atoms with E-state index in [1.807, 2.05) is 0 Å². The van der Waals surface area contributed by atoms with Crippen LogP contribution in [-0.4, -0.2) is 32.4 Å². The molecule has 0 atom stereocenters. The minimum absolute atomic E-state index is 0.275. The maximum absolute atomic E-state index is 11.6. The zero-order chi connectivity index (χ0) is 13.6. The van der Waals surface area contributed by atoms with Gasteiger partial charge in [0.05, 0.1) is 24.5 Å². The Morgan fingerprint density at radius 2 is 2.06 bits per heavy atom. The second kappa shape index (κ2) is 6.36. The Hall–Kier alpha value is -1.60. The molecule has 0 radical (unpaired) electrons. The van der Waals surface area contributed by atoms with E-state index in [-0.39, 0.29) is 6.61 Å². The largest absolute Gasteiger partial charge is 0.481 e. The number of methoxy groups -OCH3 is 1. The van der Waals surface area contributed by atoms with Crippen LogP contribution in [0.1, 0.15) is 12.0 Å². The van der Waals surface area contributed by atoms with E-state index in [0.29, 0.717) is 11.3 Å². The van der Waals surface area contributed by atoms with Crippen molar-refractivity contribution in [2.45, 2.75) is 13.0 Å². The predicted octanol–water partition coefficient (Wildman–Crippen LogP) is 1.05. The van der Waals surface area contributed by atoms with Gasteiger partial charge in [-0.2, -0.15) is 0 Å². The Morgan fingerprint density at radius 1 is 1.39 bits per heavy atom. The van der Waals surface area contributed by atoms with Gasteiger partial charge >= 0.3 is 5.97 Å². The molecule has 2 N–H and O–H groups in total. The summed E-state index contributed by atoms with van der Waals surface area (Å²) < 4.78 is 30.6. The summed E-state index contributed by atoms with van der Waals surface area (Å²) in [5, 5.41) is 8.47. The molecule has 0 aliphatic heterocycles. The quantitative estimate of drug-likeness (QED) is 0.774. The highest BCUT2D eigenvalue weighted by Crippen LogP contribution is 2.17. The van der Waals surface area contributed by atoms with Gasteiger partial charge in [-0.3, -0.25) is 9.52 Å². The van der Waals surface area contributed by atoms with Crippen LogP contribution in [0.2, 0.25) is 0 Å². The number of benzene rings is 1. The van der Waals surface area contributed by atoms with Gasteiger partial charge in [0.25, 0.3) is 0 Å². The van der Waals surface area contributed by atoms with Crippen LogP contribution < -0.4 is 4.72 Å². The molecule has 0 heterocycles. The molecule has 0 aromatic heterocycles. The standard InChI is InChI=1S/C11H15NO5S/c1-17-8-9-4-2-3-5-10(9)12-18(15,16)7-6-11(13)14/h2-5,12H,6-8H2,1H3,(H,13,14). The molecule has 0 saturated carbocycles. The Balaban J connectivity index is 2.80. The molecule has 1 aromatic rings. The number of carboxylic acid groups (broad SMARTS) is 1. The number of carbonyl (C=O) groups is 1. The van der Waals surface area contributed by atoms with Gasteiger partial charge in [-0.15, -0.1) is 0 Å². The van der Waals surface area contributed by atoms with Crippen LogP contribution in [0, 0.1) is 0 Å². The maximum Gasteiger partial charge on any atom is 0.304 e. The Labute approximate surface area is 106 Å². The van der Waals surface area contributed by atoms with Crippen LogP contribution in [0.25, 0.3) is 0 Å². The lowest BCUT2D eigenvalue weighted by Gasteiger charge is -2.11. The highest BCUT2D eigenvalue weighted by molar-refractivity contribution is 7.92. The van der Waals surface area contributed by atoms with Crippen LogP contribution in [0.5, 0.6) is 0 Å². The smallest absolute Gasteiger partial charge is 0.304 e. The molecule has 0 unspecified atom stereocenters. The second-order valence-electron chi connectivity index (χ2n) is 3.65. The lowest BCUT2D eigenvalue weighted by molar-refractivity contribution is -0.136. The molecule has 100 valence electrons. The van der Waals surface area contributed by atoms with Crippen molar-refractivity contribution in [3.8, 4) is 0 Å². The van der Waals surface area contributed by atoms with Crippen LogP contribution in [-0.2, 0) is 26.2 Å². The molecule has 18 heavy (non-hydrogen) atoms. The summed E-state index contributed by atoms with van der Waals surface area (Å²) in [7, 11) is -2.15. The van der Waals surface area contributed by atoms with Gasteiger partial charge in [0.1, 0.15) is 0 Å². The Bertz CT molecular complexity index is 512. The van der Waals surface area contributed by atoms with Gasteiger partial charge in [0.2, 0.25) is 10.0 Å². The van der Waals surface area contributed by atoms with Crippen LogP contribution in [0.4, 0.5) is 5.69 Å². The number of hydrogen-bond acceptors (Lipinski definition) is 4. The van der Waals surface area contributed by atoms with Gasteiger partial charge in [-0.1, -0.05) is 18.2 Å². The molecule has 1 rings (SSSR count). The molecule has 0 spiro atoms. The van der Waals surface area contributed by atoms with Gasteiger partial charge in [-0.25, -0.2) is 8.42 Å². The van der Waals surface area contributed by atoms with Crippen molar-refractivity contribution in [1.29, 1.82) is 0 Å². The minimum atomic E-state index is -3.66. The van der Waals surface area contributed by atoms with Crippen molar-refractivity contribution in [1.82, 2.24) is 0 Å². The second-order valence-corrected chi connectivity index (χ2v) is 5.50. The summed E-state index contributed by atoms with van der Waals surface area (Å²) in [6.45, 7) is 0.275. The molecule has 0 fully saturated rings. The summed E-state index contributed by atoms with van der Waals surface area (Å²) in [6, 6.07) is 6.79. The molecule has 0 aliphatic carbocycles. The maximum atomic E-state index is 11.6. The van der Waals surface area contributed by atoms with Crippen molar-refractivity contribution in [2.24, 2.45) is 0 Å². The molecular weight excluding hydrogens is 258 g/mol. The SMILES string of the molecule is COCc1ccccc1NS(=O)(=O)CCC(=O)O. The molecular formula is C11H15NO5S. The van der Waals surface area contributed by atoms with Crippen molar-refractivity contribution in [3.05, 3.63) is 29.8 Å². The Morgan fingerprint density at radius 3 is 2.67 bits per heavy atom. The Kier molecular flexibility index (Phi) is 5.11. The van der Waals surface area contributed by atoms with Crippen LogP contribution >= 0.6 is 0 Å². The summed E-state index contributed by atoms with van der Waals surface area (Å²) in [5.74, 6) is -1.60. The first-order chi connectivity index (χ1) is 8.44. The molecule has 0 amide bonds. The van der Waals surface area contributed by atoms with Crippen molar-refractivity contribution in [2.75, 3.05) is 17.6 Å². The van der Waals surface area contributed by atoms with Gasteiger partial charge in [0.15, 0.2) is 0 Å². The summed E-state index contributed by atoms with van der Waals surface area (Å²) in [5.41, 5.74) is 1.10. The number of carboxylic acids is 1. The lowest BCUT2D eigenvalue weighted by atomic mass is 10.2. The zero-order valence-electron chi connectivity index (χ0n) is 9.92. The highest BCUT2D eigenvalue weighted by Gasteiger charge is 2.14. The highest BCUT2D eigenvalue weighted by atomic mass is 32.2. The van der Waals surface area contributed by atoms with Gasteiger partial charge in [-0.05, 0) is 6.07 Å². The summed E-state index contributed by atoms with van der Waals surface area (Å²) in [4.78, 5) is 10.4. The number of anilines is 1. The molecule has 1 aromatic carbocycles. The average Bonchev–Trinajstić information content (AvgIpc) is 2.29. The summed E-state index contributed by atoms with van der Waals surface area (Å²) in [6.07, 6.45) is -0.429. The predicted molar refractivity (Wildman–Crippen MR) is 66.8 cm³/mol. The summed E-state index contributed by atoms with van der Waals surface area (Å²) >= 11 is 0. The fourth-order valence-corrected chi connectivity index (χ4v) is 2.42. The fraction of sp³-hybridized carbons (Fsp3) is 0.364. The van der Waals surface area contributed by atoms with E-state index in [1.54, 1.807) is 24.3 Å². The molecule has 0 aliphatic rings.